The standard InChI is InChI=1S/C11H14F2N2O/c1-7(2)10(15-14)8-5-3-4-6-9(8)16-11(12)13/h3-6,10-11,15H,1,14H2,2H3. The topological polar surface area (TPSA) is 47.3 Å². The van der Waals surface area contributed by atoms with Crippen molar-refractivity contribution in [1.82, 2.24) is 5.43 Å². The Bertz CT molecular complexity index is 369. The largest absolute Gasteiger partial charge is 0.434 e. The Hall–Kier alpha value is -1.46. The van der Waals surface area contributed by atoms with Gasteiger partial charge < -0.3 is 4.74 Å². The summed E-state index contributed by atoms with van der Waals surface area (Å²) >= 11 is 0. The smallest absolute Gasteiger partial charge is 0.387 e. The Morgan fingerprint density at radius 3 is 2.56 bits per heavy atom. The van der Waals surface area contributed by atoms with Gasteiger partial charge in [0.25, 0.3) is 0 Å². The number of hydrogen-bond acceptors (Lipinski definition) is 3. The van der Waals surface area contributed by atoms with Crippen molar-refractivity contribution in [3.63, 3.8) is 0 Å². The molecule has 0 aromatic heterocycles. The summed E-state index contributed by atoms with van der Waals surface area (Å²) in [7, 11) is 0. The minimum Gasteiger partial charge on any atom is -0.434 e. The molecule has 0 amide bonds. The van der Waals surface area contributed by atoms with E-state index in [-0.39, 0.29) is 5.75 Å². The number of rotatable bonds is 5. The number of hydrazine groups is 1. The molecule has 3 N–H and O–H groups in total. The molecule has 0 aliphatic rings. The Morgan fingerprint density at radius 1 is 1.44 bits per heavy atom. The first-order chi connectivity index (χ1) is 7.56. The lowest BCUT2D eigenvalue weighted by atomic mass is 10.0. The molecule has 0 fully saturated rings. The zero-order valence-electron chi connectivity index (χ0n) is 8.91. The van der Waals surface area contributed by atoms with Gasteiger partial charge in [-0.1, -0.05) is 30.4 Å². The van der Waals surface area contributed by atoms with Crippen molar-refractivity contribution in [3.05, 3.63) is 42.0 Å². The van der Waals surface area contributed by atoms with Gasteiger partial charge in [0.2, 0.25) is 0 Å². The maximum atomic E-state index is 12.2. The van der Waals surface area contributed by atoms with E-state index < -0.39 is 12.7 Å². The van der Waals surface area contributed by atoms with E-state index in [1.54, 1.807) is 25.1 Å². The third-order valence-electron chi connectivity index (χ3n) is 2.11. The van der Waals surface area contributed by atoms with Gasteiger partial charge in [-0.3, -0.25) is 5.84 Å². The molecule has 0 radical (unpaired) electrons. The van der Waals surface area contributed by atoms with E-state index in [2.05, 4.69) is 16.7 Å². The highest BCUT2D eigenvalue weighted by atomic mass is 19.3. The molecule has 0 spiro atoms. The van der Waals surface area contributed by atoms with Gasteiger partial charge in [-0.15, -0.1) is 0 Å². The van der Waals surface area contributed by atoms with Gasteiger partial charge in [-0.25, -0.2) is 5.43 Å². The van der Waals surface area contributed by atoms with Crippen LogP contribution < -0.4 is 16.0 Å². The van der Waals surface area contributed by atoms with Gasteiger partial charge in [-0.05, 0) is 13.0 Å². The van der Waals surface area contributed by atoms with E-state index >= 15 is 0 Å². The van der Waals surface area contributed by atoms with Crippen LogP contribution in [0.15, 0.2) is 36.4 Å². The highest BCUT2D eigenvalue weighted by Gasteiger charge is 2.17. The summed E-state index contributed by atoms with van der Waals surface area (Å²) in [6.45, 7) is 2.63. The Kier molecular flexibility index (Phi) is 4.39. The van der Waals surface area contributed by atoms with E-state index in [9.17, 15) is 8.78 Å². The maximum Gasteiger partial charge on any atom is 0.387 e. The summed E-state index contributed by atoms with van der Waals surface area (Å²) in [4.78, 5) is 0. The second-order valence-corrected chi connectivity index (χ2v) is 3.36. The first-order valence-electron chi connectivity index (χ1n) is 4.71. The number of nitrogens with two attached hydrogens (primary N) is 1. The number of para-hydroxylation sites is 1. The number of nitrogens with one attached hydrogen (secondary N) is 1. The van der Waals surface area contributed by atoms with E-state index in [0.717, 1.165) is 0 Å². The monoisotopic (exact) mass is 228 g/mol. The molecular weight excluding hydrogens is 214 g/mol. The molecule has 0 heterocycles. The molecule has 3 nitrogen and oxygen atoms in total. The predicted molar refractivity (Wildman–Crippen MR) is 58.0 cm³/mol. The van der Waals surface area contributed by atoms with Crippen LogP contribution in [-0.2, 0) is 0 Å². The lowest BCUT2D eigenvalue weighted by molar-refractivity contribution is -0.0506. The Labute approximate surface area is 92.9 Å². The first-order valence-corrected chi connectivity index (χ1v) is 4.71. The van der Waals surface area contributed by atoms with Crippen LogP contribution >= 0.6 is 0 Å². The molecule has 0 aliphatic heterocycles. The average molecular weight is 228 g/mol. The van der Waals surface area contributed by atoms with Crippen LogP contribution in [0.2, 0.25) is 0 Å². The van der Waals surface area contributed by atoms with Gasteiger partial charge in [0.1, 0.15) is 5.75 Å². The normalized spacial score (nSPS) is 12.6. The number of benzene rings is 1. The van der Waals surface area contributed by atoms with E-state index in [1.807, 2.05) is 0 Å². The number of halogens is 2. The summed E-state index contributed by atoms with van der Waals surface area (Å²) < 4.78 is 28.8. The van der Waals surface area contributed by atoms with Gasteiger partial charge in [-0.2, -0.15) is 8.78 Å². The zero-order chi connectivity index (χ0) is 12.1. The van der Waals surface area contributed by atoms with Crippen molar-refractivity contribution in [2.75, 3.05) is 0 Å². The summed E-state index contributed by atoms with van der Waals surface area (Å²) in [5.41, 5.74) is 3.76. The number of ether oxygens (including phenoxy) is 1. The fraction of sp³-hybridized carbons (Fsp3) is 0.273. The molecule has 1 unspecified atom stereocenters. The number of hydrogen-bond donors (Lipinski definition) is 2. The molecule has 0 saturated heterocycles. The van der Waals surface area contributed by atoms with E-state index in [0.29, 0.717) is 11.1 Å². The highest BCUT2D eigenvalue weighted by Crippen LogP contribution is 2.29. The molecule has 1 rings (SSSR count). The van der Waals surface area contributed by atoms with Crippen LogP contribution in [-0.4, -0.2) is 6.61 Å². The Balaban J connectivity index is 3.05. The van der Waals surface area contributed by atoms with Crippen LogP contribution in [0.5, 0.6) is 5.75 Å². The van der Waals surface area contributed by atoms with Crippen LogP contribution in [0.1, 0.15) is 18.5 Å². The molecule has 1 aromatic rings. The van der Waals surface area contributed by atoms with Crippen LogP contribution in [0.25, 0.3) is 0 Å². The van der Waals surface area contributed by atoms with Crippen molar-refractivity contribution in [3.8, 4) is 5.75 Å². The lowest BCUT2D eigenvalue weighted by Gasteiger charge is -2.19. The van der Waals surface area contributed by atoms with Crippen molar-refractivity contribution in [1.29, 1.82) is 0 Å². The molecule has 1 aromatic carbocycles. The van der Waals surface area contributed by atoms with Crippen molar-refractivity contribution in [2.45, 2.75) is 19.6 Å². The summed E-state index contributed by atoms with van der Waals surface area (Å²) in [6.07, 6.45) is 0. The van der Waals surface area contributed by atoms with Crippen LogP contribution in [0.3, 0.4) is 0 Å². The lowest BCUT2D eigenvalue weighted by Crippen LogP contribution is -2.29. The van der Waals surface area contributed by atoms with Crippen molar-refractivity contribution >= 4 is 0 Å². The van der Waals surface area contributed by atoms with Gasteiger partial charge in [0.05, 0.1) is 6.04 Å². The molecule has 88 valence electrons. The molecule has 16 heavy (non-hydrogen) atoms. The molecule has 5 heteroatoms. The van der Waals surface area contributed by atoms with Gasteiger partial charge >= 0.3 is 6.61 Å². The summed E-state index contributed by atoms with van der Waals surface area (Å²) in [5.74, 6) is 5.45. The van der Waals surface area contributed by atoms with Crippen LogP contribution in [0.4, 0.5) is 8.78 Å². The summed E-state index contributed by atoms with van der Waals surface area (Å²) in [5, 5.41) is 0. The fourth-order valence-corrected chi connectivity index (χ4v) is 1.42. The van der Waals surface area contributed by atoms with E-state index in [1.165, 1.54) is 6.07 Å². The zero-order valence-corrected chi connectivity index (χ0v) is 8.91. The summed E-state index contributed by atoms with van der Waals surface area (Å²) in [6, 6.07) is 6.06. The van der Waals surface area contributed by atoms with Crippen molar-refractivity contribution in [2.24, 2.45) is 5.84 Å². The quantitative estimate of drug-likeness (QED) is 0.462. The minimum atomic E-state index is -2.86. The molecular formula is C11H14F2N2O. The first kappa shape index (κ1) is 12.6. The van der Waals surface area contributed by atoms with E-state index in [4.69, 9.17) is 5.84 Å². The maximum absolute atomic E-state index is 12.2. The second kappa shape index (κ2) is 5.58. The molecule has 1 atom stereocenters. The molecule has 0 bridgehead atoms. The fourth-order valence-electron chi connectivity index (χ4n) is 1.42. The van der Waals surface area contributed by atoms with Gasteiger partial charge in [0.15, 0.2) is 0 Å². The third-order valence-corrected chi connectivity index (χ3v) is 2.11. The van der Waals surface area contributed by atoms with Gasteiger partial charge in [0, 0.05) is 5.56 Å². The minimum absolute atomic E-state index is 0.100. The second-order valence-electron chi connectivity index (χ2n) is 3.36. The molecule has 0 saturated carbocycles. The third kappa shape index (κ3) is 3.01. The Morgan fingerprint density at radius 2 is 2.06 bits per heavy atom. The van der Waals surface area contributed by atoms with Crippen LogP contribution in [0, 0.1) is 0 Å². The highest BCUT2D eigenvalue weighted by molar-refractivity contribution is 5.39. The average Bonchev–Trinajstić information content (AvgIpc) is 2.20. The predicted octanol–water partition coefficient (Wildman–Crippen LogP) is 2.37. The molecule has 0 aliphatic carbocycles. The SMILES string of the molecule is C=C(C)C(NN)c1ccccc1OC(F)F. The van der Waals surface area contributed by atoms with Crippen molar-refractivity contribution < 1.29 is 13.5 Å². The number of alkyl halides is 2.